The first-order chi connectivity index (χ1) is 7.81. The molecule has 0 radical (unpaired) electrons. The van der Waals surface area contributed by atoms with Crippen LogP contribution < -0.4 is 10.6 Å². The van der Waals surface area contributed by atoms with E-state index in [1.165, 1.54) is 0 Å². The van der Waals surface area contributed by atoms with E-state index < -0.39 is 0 Å². The Balaban J connectivity index is 2.09. The monoisotopic (exact) mass is 220 g/mol. The minimum Gasteiger partial charge on any atom is -0.378 e. The molecule has 1 heterocycles. The van der Waals surface area contributed by atoms with Gasteiger partial charge in [0.2, 0.25) is 0 Å². The van der Waals surface area contributed by atoms with Gasteiger partial charge in [-0.1, -0.05) is 0 Å². The number of benzene rings is 1. The highest BCUT2D eigenvalue weighted by atomic mass is 16.5. The summed E-state index contributed by atoms with van der Waals surface area (Å²) in [7, 11) is 0. The minimum absolute atomic E-state index is 0.0199. The lowest BCUT2D eigenvalue weighted by Crippen LogP contribution is -2.36. The topological polar surface area (TPSA) is 55.6 Å². The standard InChI is InChI=1S/C12H16N2O2/c13-9-12(15)10-1-3-11(4-2-10)14-5-7-16-8-6-14/h1-4H,5-9,13H2. The number of morpholine rings is 1. The highest BCUT2D eigenvalue weighted by molar-refractivity contribution is 5.97. The lowest BCUT2D eigenvalue weighted by Gasteiger charge is -2.28. The van der Waals surface area contributed by atoms with Crippen LogP contribution >= 0.6 is 0 Å². The predicted octanol–water partition coefficient (Wildman–Crippen LogP) is 0.665. The molecular weight excluding hydrogens is 204 g/mol. The van der Waals surface area contributed by atoms with Gasteiger partial charge in [-0.25, -0.2) is 0 Å². The molecule has 0 saturated carbocycles. The minimum atomic E-state index is -0.0199. The van der Waals surface area contributed by atoms with Gasteiger partial charge in [0.15, 0.2) is 5.78 Å². The Hall–Kier alpha value is -1.39. The molecule has 1 saturated heterocycles. The zero-order valence-corrected chi connectivity index (χ0v) is 9.19. The fourth-order valence-corrected chi connectivity index (χ4v) is 1.80. The zero-order chi connectivity index (χ0) is 11.4. The summed E-state index contributed by atoms with van der Waals surface area (Å²) in [5.74, 6) is -0.0199. The van der Waals surface area contributed by atoms with Crippen LogP contribution in [0.3, 0.4) is 0 Å². The molecule has 1 aliphatic rings. The molecular formula is C12H16N2O2. The molecule has 4 nitrogen and oxygen atoms in total. The van der Waals surface area contributed by atoms with E-state index in [0.29, 0.717) is 5.56 Å². The van der Waals surface area contributed by atoms with Crippen LogP contribution in [0.1, 0.15) is 10.4 Å². The zero-order valence-electron chi connectivity index (χ0n) is 9.19. The van der Waals surface area contributed by atoms with Crippen molar-refractivity contribution in [3.8, 4) is 0 Å². The Bertz CT molecular complexity index is 356. The second-order valence-electron chi connectivity index (χ2n) is 3.77. The molecule has 0 atom stereocenters. The van der Waals surface area contributed by atoms with E-state index in [9.17, 15) is 4.79 Å². The van der Waals surface area contributed by atoms with Gasteiger partial charge in [-0.15, -0.1) is 0 Å². The summed E-state index contributed by atoms with van der Waals surface area (Å²) in [6.45, 7) is 3.41. The summed E-state index contributed by atoms with van der Waals surface area (Å²) in [6, 6.07) is 7.60. The van der Waals surface area contributed by atoms with Crippen molar-refractivity contribution in [2.45, 2.75) is 0 Å². The van der Waals surface area contributed by atoms with Gasteiger partial charge in [-0.2, -0.15) is 0 Å². The summed E-state index contributed by atoms with van der Waals surface area (Å²) in [5.41, 5.74) is 7.12. The molecule has 1 aliphatic heterocycles. The molecule has 4 heteroatoms. The van der Waals surface area contributed by atoms with Crippen LogP contribution in [-0.4, -0.2) is 38.6 Å². The van der Waals surface area contributed by atoms with Gasteiger partial charge in [-0.05, 0) is 24.3 Å². The van der Waals surface area contributed by atoms with Gasteiger partial charge in [0, 0.05) is 24.3 Å². The Morgan fingerprint density at radius 3 is 2.44 bits per heavy atom. The van der Waals surface area contributed by atoms with E-state index in [0.717, 1.165) is 32.0 Å². The van der Waals surface area contributed by atoms with E-state index in [1.54, 1.807) is 0 Å². The molecule has 0 aromatic heterocycles. The number of rotatable bonds is 3. The maximum absolute atomic E-state index is 11.3. The molecule has 2 rings (SSSR count). The van der Waals surface area contributed by atoms with Crippen molar-refractivity contribution in [3.63, 3.8) is 0 Å². The van der Waals surface area contributed by atoms with Gasteiger partial charge in [0.05, 0.1) is 19.8 Å². The number of ether oxygens (including phenoxy) is 1. The smallest absolute Gasteiger partial charge is 0.176 e. The van der Waals surface area contributed by atoms with Gasteiger partial charge >= 0.3 is 0 Å². The molecule has 86 valence electrons. The van der Waals surface area contributed by atoms with Crippen LogP contribution in [0.25, 0.3) is 0 Å². The third-order valence-electron chi connectivity index (χ3n) is 2.75. The number of nitrogens with zero attached hydrogens (tertiary/aromatic N) is 1. The molecule has 16 heavy (non-hydrogen) atoms. The Labute approximate surface area is 95.0 Å². The first-order valence-corrected chi connectivity index (χ1v) is 5.47. The molecule has 0 amide bonds. The lowest BCUT2D eigenvalue weighted by molar-refractivity contribution is 0.100. The maximum atomic E-state index is 11.3. The molecule has 0 spiro atoms. The number of hydrogen-bond acceptors (Lipinski definition) is 4. The maximum Gasteiger partial charge on any atom is 0.176 e. The van der Waals surface area contributed by atoms with Crippen molar-refractivity contribution < 1.29 is 9.53 Å². The Morgan fingerprint density at radius 1 is 1.25 bits per heavy atom. The van der Waals surface area contributed by atoms with Crippen molar-refractivity contribution in [3.05, 3.63) is 29.8 Å². The lowest BCUT2D eigenvalue weighted by atomic mass is 10.1. The predicted molar refractivity (Wildman–Crippen MR) is 62.9 cm³/mol. The van der Waals surface area contributed by atoms with Gasteiger partial charge in [0.25, 0.3) is 0 Å². The molecule has 0 aliphatic carbocycles. The molecule has 1 fully saturated rings. The summed E-state index contributed by atoms with van der Waals surface area (Å²) < 4.78 is 5.29. The summed E-state index contributed by atoms with van der Waals surface area (Å²) in [5, 5.41) is 0. The number of ketones is 1. The molecule has 0 bridgehead atoms. The largest absolute Gasteiger partial charge is 0.378 e. The van der Waals surface area contributed by atoms with Gasteiger partial charge in [0.1, 0.15) is 0 Å². The van der Waals surface area contributed by atoms with Gasteiger partial charge < -0.3 is 15.4 Å². The second kappa shape index (κ2) is 5.09. The van der Waals surface area contributed by atoms with Crippen molar-refractivity contribution in [1.82, 2.24) is 0 Å². The van der Waals surface area contributed by atoms with Crippen LogP contribution in [0.2, 0.25) is 0 Å². The second-order valence-corrected chi connectivity index (χ2v) is 3.77. The highest BCUT2D eigenvalue weighted by Gasteiger charge is 2.11. The first-order valence-electron chi connectivity index (χ1n) is 5.47. The summed E-state index contributed by atoms with van der Waals surface area (Å²) in [6.07, 6.45) is 0. The van der Waals surface area contributed by atoms with E-state index >= 15 is 0 Å². The van der Waals surface area contributed by atoms with Crippen LogP contribution in [0.5, 0.6) is 0 Å². The third kappa shape index (κ3) is 2.40. The van der Waals surface area contributed by atoms with E-state index in [4.69, 9.17) is 10.5 Å². The van der Waals surface area contributed by atoms with Gasteiger partial charge in [-0.3, -0.25) is 4.79 Å². The number of carbonyl (C=O) groups excluding carboxylic acids is 1. The fraction of sp³-hybridized carbons (Fsp3) is 0.417. The third-order valence-corrected chi connectivity index (χ3v) is 2.75. The number of carbonyl (C=O) groups is 1. The van der Waals surface area contributed by atoms with Crippen molar-refractivity contribution in [1.29, 1.82) is 0 Å². The number of nitrogens with two attached hydrogens (primary N) is 1. The first kappa shape index (κ1) is 11.1. The highest BCUT2D eigenvalue weighted by Crippen LogP contribution is 2.16. The van der Waals surface area contributed by atoms with E-state index in [2.05, 4.69) is 4.90 Å². The average molecular weight is 220 g/mol. The quantitative estimate of drug-likeness (QED) is 0.760. The van der Waals surface area contributed by atoms with Crippen molar-refractivity contribution in [2.75, 3.05) is 37.7 Å². The molecule has 1 aromatic carbocycles. The van der Waals surface area contributed by atoms with E-state index in [-0.39, 0.29) is 12.3 Å². The summed E-state index contributed by atoms with van der Waals surface area (Å²) >= 11 is 0. The molecule has 2 N–H and O–H groups in total. The SMILES string of the molecule is NCC(=O)c1ccc(N2CCOCC2)cc1. The number of Topliss-reactive ketones (excluding diaryl/α,β-unsaturated/α-hetero) is 1. The van der Waals surface area contributed by atoms with Crippen LogP contribution in [0.4, 0.5) is 5.69 Å². The van der Waals surface area contributed by atoms with E-state index in [1.807, 2.05) is 24.3 Å². The number of anilines is 1. The summed E-state index contributed by atoms with van der Waals surface area (Å²) in [4.78, 5) is 13.6. The van der Waals surface area contributed by atoms with Crippen LogP contribution in [0.15, 0.2) is 24.3 Å². The Morgan fingerprint density at radius 2 is 1.88 bits per heavy atom. The fourth-order valence-electron chi connectivity index (χ4n) is 1.80. The molecule has 0 unspecified atom stereocenters. The normalized spacial score (nSPS) is 16.2. The Kier molecular flexibility index (Phi) is 3.54. The molecule has 1 aromatic rings. The van der Waals surface area contributed by atoms with Crippen molar-refractivity contribution in [2.24, 2.45) is 5.73 Å². The van der Waals surface area contributed by atoms with Crippen LogP contribution in [0, 0.1) is 0 Å². The average Bonchev–Trinajstić information content (AvgIpc) is 2.39. The van der Waals surface area contributed by atoms with Crippen molar-refractivity contribution >= 4 is 11.5 Å². The van der Waals surface area contributed by atoms with Crippen LogP contribution in [-0.2, 0) is 4.74 Å². The number of hydrogen-bond donors (Lipinski definition) is 1.